The van der Waals surface area contributed by atoms with Crippen LogP contribution in [-0.4, -0.2) is 62.1 Å². The van der Waals surface area contributed by atoms with Crippen molar-refractivity contribution in [3.8, 4) is 0 Å². The molecule has 0 amide bonds. The number of carbonyl (C=O) groups is 2. The summed E-state index contributed by atoms with van der Waals surface area (Å²) in [6.07, 6.45) is -3.76. The predicted octanol–water partition coefficient (Wildman–Crippen LogP) is -0.0974. The van der Waals surface area contributed by atoms with Crippen LogP contribution in [0.25, 0.3) is 0 Å². The zero-order valence-corrected chi connectivity index (χ0v) is 12.6. The number of fused-ring (bicyclic) bond motifs is 3. The van der Waals surface area contributed by atoms with E-state index in [2.05, 4.69) is 6.58 Å². The van der Waals surface area contributed by atoms with Crippen LogP contribution in [0.3, 0.4) is 0 Å². The van der Waals surface area contributed by atoms with Gasteiger partial charge in [0.05, 0.1) is 12.2 Å². The van der Waals surface area contributed by atoms with Crippen LogP contribution in [0.5, 0.6) is 0 Å². The Balaban J connectivity index is 1.68. The van der Waals surface area contributed by atoms with Gasteiger partial charge in [-0.25, -0.2) is 9.59 Å². The summed E-state index contributed by atoms with van der Waals surface area (Å²) in [6.45, 7) is 7.03. The molecule has 3 heterocycles. The third-order valence-electron chi connectivity index (χ3n) is 3.65. The average Bonchev–Trinajstić information content (AvgIpc) is 2.99. The van der Waals surface area contributed by atoms with Gasteiger partial charge in [0.25, 0.3) is 0 Å². The molecule has 0 radical (unpaired) electrons. The largest absolute Gasteiger partial charge is 0.454 e. The van der Waals surface area contributed by atoms with Gasteiger partial charge in [-0.05, 0) is 13.8 Å². The molecule has 0 bridgehead atoms. The molecule has 0 aromatic carbocycles. The molecule has 122 valence electrons. The van der Waals surface area contributed by atoms with Crippen LogP contribution < -0.4 is 0 Å². The van der Waals surface area contributed by atoms with E-state index in [0.717, 1.165) is 0 Å². The molecular weight excluding hydrogens is 296 g/mol. The molecule has 0 spiro atoms. The fourth-order valence-electron chi connectivity index (χ4n) is 2.76. The number of rotatable bonds is 4. The van der Waals surface area contributed by atoms with Gasteiger partial charge in [-0.3, -0.25) is 0 Å². The SMILES string of the molecule is C=C(COC)C(=O)OC1C(=O)OC2C3OC(C)(C)OC3OC12. The number of hydrogen-bond donors (Lipinski definition) is 0. The van der Waals surface area contributed by atoms with Crippen LogP contribution in [0.4, 0.5) is 0 Å². The molecule has 3 fully saturated rings. The van der Waals surface area contributed by atoms with E-state index >= 15 is 0 Å². The Morgan fingerprint density at radius 2 is 2.00 bits per heavy atom. The molecule has 0 saturated carbocycles. The molecule has 0 aliphatic carbocycles. The van der Waals surface area contributed by atoms with Crippen molar-refractivity contribution >= 4 is 11.9 Å². The van der Waals surface area contributed by atoms with Gasteiger partial charge in [-0.1, -0.05) is 6.58 Å². The predicted molar refractivity (Wildman–Crippen MR) is 69.5 cm³/mol. The smallest absolute Gasteiger partial charge is 0.350 e. The lowest BCUT2D eigenvalue weighted by Gasteiger charge is -2.21. The first-order valence-electron chi connectivity index (χ1n) is 6.91. The standard InChI is InChI=1S/C14H18O8/c1-6(5-17-4)11(15)19-9-7-8(18-12(9)16)10-13(20-7)22-14(2,3)21-10/h7-10,13H,1,5H2,2-4H3. The van der Waals surface area contributed by atoms with Gasteiger partial charge in [-0.15, -0.1) is 0 Å². The zero-order valence-electron chi connectivity index (χ0n) is 12.6. The minimum atomic E-state index is -1.16. The molecule has 3 rings (SSSR count). The molecule has 5 unspecified atom stereocenters. The first kappa shape index (κ1) is 15.4. The van der Waals surface area contributed by atoms with Crippen molar-refractivity contribution in [2.75, 3.05) is 13.7 Å². The molecule has 22 heavy (non-hydrogen) atoms. The molecule has 0 aromatic heterocycles. The maximum Gasteiger partial charge on any atom is 0.350 e. The topological polar surface area (TPSA) is 89.5 Å². The van der Waals surface area contributed by atoms with Gasteiger partial charge in [0, 0.05) is 7.11 Å². The quantitative estimate of drug-likeness (QED) is 0.525. The van der Waals surface area contributed by atoms with Gasteiger partial charge < -0.3 is 28.4 Å². The van der Waals surface area contributed by atoms with E-state index in [9.17, 15) is 9.59 Å². The first-order valence-corrected chi connectivity index (χ1v) is 6.91. The van der Waals surface area contributed by atoms with E-state index in [1.54, 1.807) is 13.8 Å². The van der Waals surface area contributed by atoms with Crippen LogP contribution >= 0.6 is 0 Å². The van der Waals surface area contributed by atoms with Crippen molar-refractivity contribution in [1.29, 1.82) is 0 Å². The second-order valence-corrected chi connectivity index (χ2v) is 5.83. The molecule has 3 aliphatic heterocycles. The summed E-state index contributed by atoms with van der Waals surface area (Å²) in [5.74, 6) is -2.21. The average molecular weight is 314 g/mol. The van der Waals surface area contributed by atoms with Crippen molar-refractivity contribution in [3.05, 3.63) is 12.2 Å². The lowest BCUT2D eigenvalue weighted by atomic mass is 10.1. The normalized spacial score (nSPS) is 38.3. The first-order chi connectivity index (χ1) is 10.3. The highest BCUT2D eigenvalue weighted by Crippen LogP contribution is 2.43. The van der Waals surface area contributed by atoms with Gasteiger partial charge in [0.15, 0.2) is 24.3 Å². The lowest BCUT2D eigenvalue weighted by molar-refractivity contribution is -0.216. The number of ether oxygens (including phenoxy) is 6. The Morgan fingerprint density at radius 1 is 1.27 bits per heavy atom. The molecule has 0 N–H and O–H groups in total. The molecular formula is C14H18O8. The summed E-state index contributed by atoms with van der Waals surface area (Å²) in [6, 6.07) is 0. The number of methoxy groups -OCH3 is 1. The molecule has 0 aromatic rings. The van der Waals surface area contributed by atoms with Gasteiger partial charge in [0.1, 0.15) is 6.10 Å². The maximum atomic E-state index is 11.9. The van der Waals surface area contributed by atoms with Crippen LogP contribution in [0.1, 0.15) is 13.8 Å². The summed E-state index contributed by atoms with van der Waals surface area (Å²) in [7, 11) is 1.43. The summed E-state index contributed by atoms with van der Waals surface area (Å²) >= 11 is 0. The third kappa shape index (κ3) is 2.52. The molecule has 5 atom stereocenters. The second kappa shape index (κ2) is 5.31. The fraction of sp³-hybridized carbons (Fsp3) is 0.714. The minimum absolute atomic E-state index is 0.0151. The maximum absolute atomic E-state index is 11.9. The second-order valence-electron chi connectivity index (χ2n) is 5.83. The Kier molecular flexibility index (Phi) is 3.72. The van der Waals surface area contributed by atoms with Crippen LogP contribution in [-0.2, 0) is 38.0 Å². The zero-order chi connectivity index (χ0) is 16.1. The van der Waals surface area contributed by atoms with Crippen LogP contribution in [0.15, 0.2) is 12.2 Å². The molecule has 8 nitrogen and oxygen atoms in total. The van der Waals surface area contributed by atoms with Crippen molar-refractivity contribution in [1.82, 2.24) is 0 Å². The summed E-state index contributed by atoms with van der Waals surface area (Å²) in [5.41, 5.74) is 0.102. The Bertz CT molecular complexity index is 513. The van der Waals surface area contributed by atoms with Gasteiger partial charge in [0.2, 0.25) is 6.10 Å². The molecule has 3 saturated heterocycles. The number of hydrogen-bond acceptors (Lipinski definition) is 8. The highest BCUT2D eigenvalue weighted by Gasteiger charge is 2.64. The third-order valence-corrected chi connectivity index (χ3v) is 3.65. The van der Waals surface area contributed by atoms with E-state index in [1.807, 2.05) is 0 Å². The lowest BCUT2D eigenvalue weighted by Crippen LogP contribution is -2.38. The number of carbonyl (C=O) groups excluding carboxylic acids is 2. The van der Waals surface area contributed by atoms with Crippen molar-refractivity contribution in [3.63, 3.8) is 0 Å². The molecule has 3 aliphatic rings. The minimum Gasteiger partial charge on any atom is -0.454 e. The van der Waals surface area contributed by atoms with Crippen LogP contribution in [0, 0.1) is 0 Å². The van der Waals surface area contributed by atoms with Crippen LogP contribution in [0.2, 0.25) is 0 Å². The highest BCUT2D eigenvalue weighted by atomic mass is 16.8. The van der Waals surface area contributed by atoms with Crippen molar-refractivity contribution < 1.29 is 38.0 Å². The summed E-state index contributed by atoms with van der Waals surface area (Å²) in [4.78, 5) is 23.8. The summed E-state index contributed by atoms with van der Waals surface area (Å²) < 4.78 is 32.1. The molecule has 8 heteroatoms. The van der Waals surface area contributed by atoms with E-state index in [1.165, 1.54) is 7.11 Å². The Morgan fingerprint density at radius 3 is 2.68 bits per heavy atom. The van der Waals surface area contributed by atoms with E-state index < -0.39 is 48.4 Å². The van der Waals surface area contributed by atoms with Crippen molar-refractivity contribution in [2.45, 2.75) is 50.3 Å². The van der Waals surface area contributed by atoms with Gasteiger partial charge >= 0.3 is 11.9 Å². The Labute approximate surface area is 127 Å². The number of esters is 2. The van der Waals surface area contributed by atoms with Crippen molar-refractivity contribution in [2.24, 2.45) is 0 Å². The Hall–Kier alpha value is -1.48. The van der Waals surface area contributed by atoms with E-state index in [0.29, 0.717) is 0 Å². The summed E-state index contributed by atoms with van der Waals surface area (Å²) in [5, 5.41) is 0. The van der Waals surface area contributed by atoms with E-state index in [4.69, 9.17) is 28.4 Å². The highest BCUT2D eigenvalue weighted by molar-refractivity contribution is 5.91. The fourth-order valence-corrected chi connectivity index (χ4v) is 2.76. The van der Waals surface area contributed by atoms with Gasteiger partial charge in [-0.2, -0.15) is 0 Å². The van der Waals surface area contributed by atoms with E-state index in [-0.39, 0.29) is 12.2 Å². The monoisotopic (exact) mass is 314 g/mol.